The lowest BCUT2D eigenvalue weighted by atomic mass is 10.0. The van der Waals surface area contributed by atoms with Gasteiger partial charge in [0.1, 0.15) is 19.3 Å². The van der Waals surface area contributed by atoms with E-state index in [2.05, 4.69) is 38.2 Å². The Balaban J connectivity index is 4.93. The van der Waals surface area contributed by atoms with Crippen molar-refractivity contribution in [2.45, 2.75) is 360 Å². The number of allylic oxidation sites excluding steroid dienone is 3. The molecule has 0 spiro atoms. The molecule has 0 aliphatic rings. The number of amides is 1. The van der Waals surface area contributed by atoms with Gasteiger partial charge in [0.15, 0.2) is 0 Å². The molecule has 1 amide bonds. The molecule has 10 heteroatoms. The summed E-state index contributed by atoms with van der Waals surface area (Å²) in [6.45, 7) is 6.89. The first-order valence-corrected chi connectivity index (χ1v) is 35.6. The molecule has 78 heavy (non-hydrogen) atoms. The maximum absolute atomic E-state index is 13.5. The molecule has 3 unspecified atom stereocenters. The van der Waals surface area contributed by atoms with Crippen molar-refractivity contribution in [3.05, 3.63) is 24.3 Å². The number of ether oxygens (including phenoxy) is 1. The number of phosphoric ester groups is 1. The minimum absolute atomic E-state index is 0.0179. The van der Waals surface area contributed by atoms with Crippen LogP contribution in [-0.2, 0) is 27.9 Å². The van der Waals surface area contributed by atoms with Gasteiger partial charge in [-0.15, -0.1) is 0 Å². The van der Waals surface area contributed by atoms with Crippen LogP contribution in [0, 0.1) is 0 Å². The summed E-state index contributed by atoms with van der Waals surface area (Å²) in [7, 11) is 1.20. The van der Waals surface area contributed by atoms with Crippen LogP contribution in [0.15, 0.2) is 24.3 Å². The zero-order valence-electron chi connectivity index (χ0n) is 52.9. The second kappa shape index (κ2) is 58.7. The van der Waals surface area contributed by atoms with Crippen molar-refractivity contribution in [1.82, 2.24) is 5.32 Å². The number of unbranched alkanes of at least 4 members (excludes halogenated alkanes) is 45. The predicted molar refractivity (Wildman–Crippen MR) is 335 cm³/mol. The lowest BCUT2D eigenvalue weighted by molar-refractivity contribution is -0.870. The van der Waals surface area contributed by atoms with Gasteiger partial charge in [-0.3, -0.25) is 14.2 Å². The number of likely N-dealkylation sites (N-methyl/N-ethyl adjacent to an activating group) is 1. The van der Waals surface area contributed by atoms with Crippen LogP contribution in [0.25, 0.3) is 0 Å². The number of nitrogens with one attached hydrogen (secondary N) is 1. The molecule has 462 valence electrons. The molecule has 0 heterocycles. The van der Waals surface area contributed by atoms with E-state index in [1.807, 2.05) is 33.3 Å². The van der Waals surface area contributed by atoms with E-state index in [-0.39, 0.29) is 31.5 Å². The fraction of sp³-hybridized carbons (Fsp3) is 0.912. The van der Waals surface area contributed by atoms with E-state index >= 15 is 0 Å². The molecule has 0 saturated heterocycles. The molecule has 0 bridgehead atoms. The molecule has 0 rings (SSSR count). The zero-order valence-corrected chi connectivity index (χ0v) is 53.8. The van der Waals surface area contributed by atoms with Crippen molar-refractivity contribution >= 4 is 19.7 Å². The Bertz CT molecular complexity index is 1380. The Labute approximate surface area is 485 Å². The first-order chi connectivity index (χ1) is 37.9. The number of nitrogens with zero attached hydrogens (tertiary/aromatic N) is 1. The third kappa shape index (κ3) is 59.1. The van der Waals surface area contributed by atoms with E-state index < -0.39 is 20.0 Å². The molecule has 0 aliphatic carbocycles. The fourth-order valence-corrected chi connectivity index (χ4v) is 11.1. The minimum atomic E-state index is -4.69. The number of phosphoric acid groups is 1. The normalized spacial score (nSPS) is 13.7. The molecule has 3 atom stereocenters. The maximum Gasteiger partial charge on any atom is 0.306 e. The Kier molecular flexibility index (Phi) is 57.5. The van der Waals surface area contributed by atoms with Gasteiger partial charge in [0, 0.05) is 12.8 Å². The smallest absolute Gasteiger partial charge is 0.306 e. The summed E-state index contributed by atoms with van der Waals surface area (Å²) in [5.41, 5.74) is 0. The zero-order chi connectivity index (χ0) is 57.2. The SMILES string of the molecule is CCCCCCCC/C=C/CCCCCCCCCCCCCCCCCCCC(=O)OC(/C=C\CCCCCCCCCCC)C(COP(=O)([O-])OCC[N+](C)(C)C)NC(=O)CCCCCCCCCCCCCCCC. The number of quaternary nitrogens is 1. The molecular weight excluding hydrogens is 988 g/mol. The number of hydrogen-bond donors (Lipinski definition) is 1. The van der Waals surface area contributed by atoms with Crippen LogP contribution < -0.4 is 10.2 Å². The third-order valence-electron chi connectivity index (χ3n) is 15.6. The van der Waals surface area contributed by atoms with Gasteiger partial charge in [-0.05, 0) is 57.4 Å². The Morgan fingerprint density at radius 3 is 1.09 bits per heavy atom. The Morgan fingerprint density at radius 1 is 0.436 bits per heavy atom. The largest absolute Gasteiger partial charge is 0.756 e. The van der Waals surface area contributed by atoms with Crippen molar-refractivity contribution in [2.75, 3.05) is 40.9 Å². The van der Waals surface area contributed by atoms with Crippen LogP contribution in [0.3, 0.4) is 0 Å². The van der Waals surface area contributed by atoms with Crippen molar-refractivity contribution in [3.8, 4) is 0 Å². The third-order valence-corrected chi connectivity index (χ3v) is 16.6. The van der Waals surface area contributed by atoms with E-state index in [1.165, 1.54) is 257 Å². The standard InChI is InChI=1S/C68H133N2O7P/c1-7-10-13-16-19-22-25-27-29-30-31-32-33-34-35-36-37-38-39-40-41-43-46-49-52-55-58-61-68(72)77-66(59-56-53-50-47-44-24-21-18-15-12-9-3)65(64-76-78(73,74)75-63-62-70(4,5)6)69-67(71)60-57-54-51-48-45-42-28-26-23-20-17-14-11-8-2/h27,29,56,59,65-66H,7-26,28,30-55,57-58,60-64H2,1-6H3,(H-,69,71,73,74)/b29-27+,59-56-. The molecule has 9 nitrogen and oxygen atoms in total. The summed E-state index contributed by atoms with van der Waals surface area (Å²) in [6.07, 6.45) is 70.2. The van der Waals surface area contributed by atoms with E-state index in [9.17, 15) is 19.0 Å². The topological polar surface area (TPSA) is 114 Å². The van der Waals surface area contributed by atoms with Crippen molar-refractivity contribution in [2.24, 2.45) is 0 Å². The van der Waals surface area contributed by atoms with Gasteiger partial charge in [0.2, 0.25) is 5.91 Å². The summed E-state index contributed by atoms with van der Waals surface area (Å²) in [5, 5.41) is 3.04. The van der Waals surface area contributed by atoms with Crippen molar-refractivity contribution in [1.29, 1.82) is 0 Å². The highest BCUT2D eigenvalue weighted by molar-refractivity contribution is 7.45. The van der Waals surface area contributed by atoms with E-state index in [4.69, 9.17) is 13.8 Å². The van der Waals surface area contributed by atoms with Gasteiger partial charge < -0.3 is 28.5 Å². The second-order valence-electron chi connectivity index (χ2n) is 24.7. The Morgan fingerprint density at radius 2 is 0.744 bits per heavy atom. The summed E-state index contributed by atoms with van der Waals surface area (Å²) >= 11 is 0. The van der Waals surface area contributed by atoms with E-state index in [0.717, 1.165) is 57.8 Å². The molecule has 0 aromatic heterocycles. The second-order valence-corrected chi connectivity index (χ2v) is 26.1. The Hall–Kier alpha value is -1.51. The lowest BCUT2D eigenvalue weighted by Gasteiger charge is -2.30. The van der Waals surface area contributed by atoms with Crippen LogP contribution >= 0.6 is 7.82 Å². The molecule has 0 aromatic rings. The molecule has 0 saturated carbocycles. The van der Waals surface area contributed by atoms with Crippen molar-refractivity contribution < 1.29 is 37.3 Å². The molecule has 0 fully saturated rings. The summed E-state index contributed by atoms with van der Waals surface area (Å²) in [4.78, 5) is 40.0. The average Bonchev–Trinajstić information content (AvgIpc) is 3.40. The highest BCUT2D eigenvalue weighted by Crippen LogP contribution is 2.38. The van der Waals surface area contributed by atoms with Crippen LogP contribution in [0.1, 0.15) is 348 Å². The van der Waals surface area contributed by atoms with Gasteiger partial charge in [-0.25, -0.2) is 0 Å². The van der Waals surface area contributed by atoms with Gasteiger partial charge in [0.05, 0.1) is 33.8 Å². The first kappa shape index (κ1) is 76.5. The molecular formula is C68H133N2O7P. The van der Waals surface area contributed by atoms with Crippen LogP contribution in [0.2, 0.25) is 0 Å². The average molecular weight is 1120 g/mol. The van der Waals surface area contributed by atoms with Gasteiger partial charge >= 0.3 is 5.97 Å². The molecule has 0 aliphatic heterocycles. The van der Waals surface area contributed by atoms with Gasteiger partial charge in [0.25, 0.3) is 7.82 Å². The van der Waals surface area contributed by atoms with Gasteiger partial charge in [-0.1, -0.05) is 302 Å². The van der Waals surface area contributed by atoms with Crippen LogP contribution in [0.4, 0.5) is 0 Å². The van der Waals surface area contributed by atoms with E-state index in [1.54, 1.807) is 0 Å². The number of esters is 1. The summed E-state index contributed by atoms with van der Waals surface area (Å²) in [5.74, 6) is -0.521. The lowest BCUT2D eigenvalue weighted by Crippen LogP contribution is -2.47. The quantitative estimate of drug-likeness (QED) is 0.0212. The summed E-state index contributed by atoms with van der Waals surface area (Å²) in [6, 6.07) is -0.881. The first-order valence-electron chi connectivity index (χ1n) is 34.1. The predicted octanol–water partition coefficient (Wildman–Crippen LogP) is 20.7. The van der Waals surface area contributed by atoms with Gasteiger partial charge in [-0.2, -0.15) is 0 Å². The molecule has 1 N–H and O–H groups in total. The van der Waals surface area contributed by atoms with E-state index in [0.29, 0.717) is 17.4 Å². The number of carbonyl (C=O) groups is 2. The minimum Gasteiger partial charge on any atom is -0.756 e. The summed E-state index contributed by atoms with van der Waals surface area (Å²) < 4.78 is 30.4. The fourth-order valence-electron chi connectivity index (χ4n) is 10.3. The number of carbonyl (C=O) groups excluding carboxylic acids is 2. The van der Waals surface area contributed by atoms with Crippen LogP contribution in [-0.4, -0.2) is 69.4 Å². The number of rotatable bonds is 63. The van der Waals surface area contributed by atoms with Crippen LogP contribution in [0.5, 0.6) is 0 Å². The highest BCUT2D eigenvalue weighted by Gasteiger charge is 2.27. The highest BCUT2D eigenvalue weighted by atomic mass is 31.2. The molecule has 0 radical (unpaired) electrons. The molecule has 0 aromatic carbocycles. The monoisotopic (exact) mass is 1120 g/mol. The number of hydrogen-bond acceptors (Lipinski definition) is 7. The maximum atomic E-state index is 13.5. The van der Waals surface area contributed by atoms with Crippen molar-refractivity contribution in [3.63, 3.8) is 0 Å².